The highest BCUT2D eigenvalue weighted by molar-refractivity contribution is 6.06. The second-order valence-electron chi connectivity index (χ2n) is 4.85. The standard InChI is InChI=1S/C18H10N2O/c19-11-12-4-6-14-15-7-5-13(16-3-1-2-8-20-16)10-18(15)21-17(14)9-12/h1-10H. The predicted octanol–water partition coefficient (Wildman–Crippen LogP) is 4.52. The molecule has 2 heterocycles. The normalized spacial score (nSPS) is 10.8. The van der Waals surface area contributed by atoms with Gasteiger partial charge in [0.15, 0.2) is 0 Å². The molecule has 0 aliphatic rings. The molecule has 0 spiro atoms. The Morgan fingerprint density at radius 2 is 1.71 bits per heavy atom. The second-order valence-corrected chi connectivity index (χ2v) is 4.85. The van der Waals surface area contributed by atoms with Gasteiger partial charge in [0.05, 0.1) is 17.3 Å². The molecule has 0 amide bonds. The van der Waals surface area contributed by atoms with Crippen LogP contribution in [-0.4, -0.2) is 4.98 Å². The lowest BCUT2D eigenvalue weighted by Crippen LogP contribution is -1.80. The minimum Gasteiger partial charge on any atom is -0.456 e. The average molecular weight is 270 g/mol. The predicted molar refractivity (Wildman–Crippen MR) is 81.7 cm³/mol. The van der Waals surface area contributed by atoms with Crippen molar-refractivity contribution in [2.24, 2.45) is 0 Å². The molecular formula is C18H10N2O. The molecule has 0 unspecified atom stereocenters. The molecule has 21 heavy (non-hydrogen) atoms. The van der Waals surface area contributed by atoms with Crippen molar-refractivity contribution in [2.45, 2.75) is 0 Å². The van der Waals surface area contributed by atoms with Gasteiger partial charge < -0.3 is 4.42 Å². The molecule has 0 aliphatic heterocycles. The van der Waals surface area contributed by atoms with Gasteiger partial charge in [-0.25, -0.2) is 0 Å². The van der Waals surface area contributed by atoms with Gasteiger partial charge in [-0.2, -0.15) is 5.26 Å². The van der Waals surface area contributed by atoms with Gasteiger partial charge >= 0.3 is 0 Å². The summed E-state index contributed by atoms with van der Waals surface area (Å²) in [6, 6.07) is 19.5. The fourth-order valence-corrected chi connectivity index (χ4v) is 2.54. The molecular weight excluding hydrogens is 260 g/mol. The van der Waals surface area contributed by atoms with Crippen molar-refractivity contribution < 1.29 is 4.42 Å². The number of nitrogens with zero attached hydrogens (tertiary/aromatic N) is 2. The van der Waals surface area contributed by atoms with Crippen molar-refractivity contribution in [3.05, 3.63) is 66.4 Å². The molecule has 4 rings (SSSR count). The largest absolute Gasteiger partial charge is 0.456 e. The summed E-state index contributed by atoms with van der Waals surface area (Å²) in [6.45, 7) is 0. The lowest BCUT2D eigenvalue weighted by molar-refractivity contribution is 0.669. The minimum absolute atomic E-state index is 0.603. The molecule has 2 aromatic carbocycles. The molecule has 3 heteroatoms. The molecule has 0 fully saturated rings. The monoisotopic (exact) mass is 270 g/mol. The SMILES string of the molecule is N#Cc1ccc2c(c1)oc1cc(-c3ccccn3)ccc12. The fraction of sp³-hybridized carbons (Fsp3) is 0. The summed E-state index contributed by atoms with van der Waals surface area (Å²) >= 11 is 0. The number of aromatic nitrogens is 1. The Balaban J connectivity index is 1.96. The average Bonchev–Trinajstić information content (AvgIpc) is 2.92. The van der Waals surface area contributed by atoms with Crippen molar-refractivity contribution in [3.8, 4) is 17.3 Å². The molecule has 98 valence electrons. The number of hydrogen-bond donors (Lipinski definition) is 0. The van der Waals surface area contributed by atoms with Crippen LogP contribution < -0.4 is 0 Å². The number of rotatable bonds is 1. The van der Waals surface area contributed by atoms with E-state index < -0.39 is 0 Å². The minimum atomic E-state index is 0.603. The van der Waals surface area contributed by atoms with Crippen molar-refractivity contribution >= 4 is 21.9 Å². The van der Waals surface area contributed by atoms with Gasteiger partial charge in [0, 0.05) is 22.5 Å². The molecule has 0 N–H and O–H groups in total. The number of hydrogen-bond acceptors (Lipinski definition) is 3. The molecule has 0 saturated heterocycles. The van der Waals surface area contributed by atoms with Crippen LogP contribution in [0.15, 0.2) is 65.2 Å². The zero-order chi connectivity index (χ0) is 14.2. The summed E-state index contributed by atoms with van der Waals surface area (Å²) in [4.78, 5) is 4.35. The van der Waals surface area contributed by atoms with Crippen LogP contribution in [0.25, 0.3) is 33.2 Å². The highest BCUT2D eigenvalue weighted by Gasteiger charge is 2.09. The van der Waals surface area contributed by atoms with Crippen LogP contribution in [0.3, 0.4) is 0 Å². The van der Waals surface area contributed by atoms with E-state index >= 15 is 0 Å². The first-order valence-electron chi connectivity index (χ1n) is 6.63. The van der Waals surface area contributed by atoms with Crippen LogP contribution in [0.5, 0.6) is 0 Å². The van der Waals surface area contributed by atoms with Gasteiger partial charge in [0.1, 0.15) is 11.2 Å². The lowest BCUT2D eigenvalue weighted by atomic mass is 10.1. The van der Waals surface area contributed by atoms with E-state index in [4.69, 9.17) is 9.68 Å². The van der Waals surface area contributed by atoms with Crippen LogP contribution in [0.4, 0.5) is 0 Å². The Morgan fingerprint density at radius 3 is 2.48 bits per heavy atom. The van der Waals surface area contributed by atoms with Crippen LogP contribution in [0.1, 0.15) is 5.56 Å². The summed E-state index contributed by atoms with van der Waals surface area (Å²) in [5.74, 6) is 0. The number of furan rings is 1. The van der Waals surface area contributed by atoms with E-state index in [0.29, 0.717) is 5.56 Å². The first kappa shape index (κ1) is 11.7. The number of pyridine rings is 1. The van der Waals surface area contributed by atoms with E-state index in [1.165, 1.54) is 0 Å². The first-order chi connectivity index (χ1) is 10.3. The Labute approximate surface area is 121 Å². The lowest BCUT2D eigenvalue weighted by Gasteiger charge is -1.99. The maximum Gasteiger partial charge on any atom is 0.136 e. The Hall–Kier alpha value is -3.12. The Bertz CT molecular complexity index is 994. The Morgan fingerprint density at radius 1 is 0.905 bits per heavy atom. The molecule has 2 aromatic heterocycles. The van der Waals surface area contributed by atoms with Gasteiger partial charge in [-0.3, -0.25) is 4.98 Å². The molecule has 3 nitrogen and oxygen atoms in total. The van der Waals surface area contributed by atoms with Crippen LogP contribution in [0.2, 0.25) is 0 Å². The van der Waals surface area contributed by atoms with Gasteiger partial charge in [-0.05, 0) is 42.5 Å². The fourth-order valence-electron chi connectivity index (χ4n) is 2.54. The third-order valence-corrected chi connectivity index (χ3v) is 3.56. The summed E-state index contributed by atoms with van der Waals surface area (Å²) < 4.78 is 5.88. The topological polar surface area (TPSA) is 49.8 Å². The van der Waals surface area contributed by atoms with Crippen LogP contribution in [-0.2, 0) is 0 Å². The first-order valence-corrected chi connectivity index (χ1v) is 6.63. The van der Waals surface area contributed by atoms with Crippen molar-refractivity contribution in [3.63, 3.8) is 0 Å². The highest BCUT2D eigenvalue weighted by atomic mass is 16.3. The van der Waals surface area contributed by atoms with Crippen LogP contribution >= 0.6 is 0 Å². The third kappa shape index (κ3) is 1.86. The third-order valence-electron chi connectivity index (χ3n) is 3.56. The zero-order valence-corrected chi connectivity index (χ0v) is 11.1. The summed E-state index contributed by atoms with van der Waals surface area (Å²) in [5, 5.41) is 11.0. The molecule has 0 radical (unpaired) electrons. The zero-order valence-electron chi connectivity index (χ0n) is 11.1. The van der Waals surface area contributed by atoms with Gasteiger partial charge in [0.2, 0.25) is 0 Å². The number of benzene rings is 2. The molecule has 4 aromatic rings. The molecule has 0 atom stereocenters. The molecule has 0 aliphatic carbocycles. The summed E-state index contributed by atoms with van der Waals surface area (Å²) in [6.07, 6.45) is 1.78. The van der Waals surface area contributed by atoms with Gasteiger partial charge in [0.25, 0.3) is 0 Å². The Kier molecular flexibility index (Phi) is 2.48. The highest BCUT2D eigenvalue weighted by Crippen LogP contribution is 2.32. The van der Waals surface area contributed by atoms with E-state index in [2.05, 4.69) is 11.1 Å². The van der Waals surface area contributed by atoms with E-state index in [0.717, 1.165) is 33.2 Å². The van der Waals surface area contributed by atoms with E-state index in [9.17, 15) is 0 Å². The maximum atomic E-state index is 8.96. The van der Waals surface area contributed by atoms with Crippen molar-refractivity contribution in [1.82, 2.24) is 4.98 Å². The molecule has 0 saturated carbocycles. The summed E-state index contributed by atoms with van der Waals surface area (Å²) in [7, 11) is 0. The van der Waals surface area contributed by atoms with Gasteiger partial charge in [-0.1, -0.05) is 12.1 Å². The maximum absolute atomic E-state index is 8.96. The van der Waals surface area contributed by atoms with Crippen molar-refractivity contribution in [2.75, 3.05) is 0 Å². The van der Waals surface area contributed by atoms with E-state index in [1.807, 2.05) is 48.5 Å². The molecule has 0 bridgehead atoms. The number of nitriles is 1. The van der Waals surface area contributed by atoms with Crippen LogP contribution in [0, 0.1) is 11.3 Å². The van der Waals surface area contributed by atoms with Crippen molar-refractivity contribution in [1.29, 1.82) is 5.26 Å². The second kappa shape index (κ2) is 4.46. The smallest absolute Gasteiger partial charge is 0.136 e. The van der Waals surface area contributed by atoms with E-state index in [-0.39, 0.29) is 0 Å². The number of fused-ring (bicyclic) bond motifs is 3. The van der Waals surface area contributed by atoms with Gasteiger partial charge in [-0.15, -0.1) is 0 Å². The summed E-state index contributed by atoms with van der Waals surface area (Å²) in [5.41, 5.74) is 4.08. The van der Waals surface area contributed by atoms with E-state index in [1.54, 1.807) is 12.3 Å². The quantitative estimate of drug-likeness (QED) is 0.511.